The molecule has 0 saturated carbocycles. The van der Waals surface area contributed by atoms with E-state index in [1.54, 1.807) is 36.4 Å². The highest BCUT2D eigenvalue weighted by Crippen LogP contribution is 2.27. The summed E-state index contributed by atoms with van der Waals surface area (Å²) >= 11 is 0. The van der Waals surface area contributed by atoms with E-state index in [-0.39, 0.29) is 5.91 Å². The smallest absolute Gasteiger partial charge is 0.329 e. The van der Waals surface area contributed by atoms with Gasteiger partial charge in [0.1, 0.15) is 12.1 Å². The van der Waals surface area contributed by atoms with Crippen LogP contribution in [0.1, 0.15) is 41.8 Å². The van der Waals surface area contributed by atoms with Gasteiger partial charge in [0.25, 0.3) is 11.8 Å². The third kappa shape index (κ3) is 3.78. The Morgan fingerprint density at radius 2 is 1.73 bits per heavy atom. The van der Waals surface area contributed by atoms with Crippen LogP contribution in [0.4, 0.5) is 10.5 Å². The number of rotatable bonds is 4. The highest BCUT2D eigenvalue weighted by atomic mass is 16.3. The molecule has 0 spiro atoms. The van der Waals surface area contributed by atoms with Crippen molar-refractivity contribution in [2.75, 3.05) is 18.0 Å². The third-order valence-corrected chi connectivity index (χ3v) is 5.78. The molecule has 4 rings (SSSR count). The van der Waals surface area contributed by atoms with Crippen LogP contribution < -0.4 is 10.2 Å². The Hall–Kier alpha value is -3.26. The summed E-state index contributed by atoms with van der Waals surface area (Å²) in [4.78, 5) is 44.7. The van der Waals surface area contributed by atoms with Gasteiger partial charge >= 0.3 is 6.03 Å². The Morgan fingerprint density at radius 3 is 2.37 bits per heavy atom. The Kier molecular flexibility index (Phi) is 5.50. The van der Waals surface area contributed by atoms with Crippen LogP contribution in [-0.4, -0.2) is 52.0 Å². The van der Waals surface area contributed by atoms with Crippen LogP contribution in [0.15, 0.2) is 48.8 Å². The van der Waals surface area contributed by atoms with Gasteiger partial charge in [-0.25, -0.2) is 9.69 Å². The molecule has 2 fully saturated rings. The molecular formula is C22H24N4O4. The molecule has 0 aliphatic carbocycles. The number of hydrogen-bond acceptors (Lipinski definition) is 5. The summed E-state index contributed by atoms with van der Waals surface area (Å²) in [6.45, 7) is 3.67. The van der Waals surface area contributed by atoms with Crippen LogP contribution in [0, 0.1) is 5.92 Å². The average Bonchev–Trinajstić information content (AvgIpc) is 3.08. The van der Waals surface area contributed by atoms with E-state index in [1.165, 1.54) is 12.4 Å². The van der Waals surface area contributed by atoms with E-state index in [1.807, 2.05) is 4.90 Å². The number of carbonyl (C=O) groups is 3. The summed E-state index contributed by atoms with van der Waals surface area (Å²) in [7, 11) is 0. The Balaban J connectivity index is 1.48. The SMILES string of the molecule is CC1CCN(C(=O)c2ccc(N3C(=O)NC(C(O)c4ccncc4)C3=O)cc2)CC1. The number of amides is 4. The number of benzene rings is 1. The van der Waals surface area contributed by atoms with Crippen molar-refractivity contribution in [2.24, 2.45) is 5.92 Å². The van der Waals surface area contributed by atoms with E-state index in [0.29, 0.717) is 22.7 Å². The molecule has 8 nitrogen and oxygen atoms in total. The summed E-state index contributed by atoms with van der Waals surface area (Å²) in [6.07, 6.45) is 3.82. The zero-order valence-electron chi connectivity index (χ0n) is 16.7. The molecule has 2 atom stereocenters. The molecule has 1 aromatic heterocycles. The lowest BCUT2D eigenvalue weighted by molar-refractivity contribution is -0.120. The van der Waals surface area contributed by atoms with E-state index in [0.717, 1.165) is 30.8 Å². The van der Waals surface area contributed by atoms with Crippen molar-refractivity contribution in [2.45, 2.75) is 31.9 Å². The van der Waals surface area contributed by atoms with Crippen molar-refractivity contribution in [3.63, 3.8) is 0 Å². The molecule has 2 aromatic rings. The minimum Gasteiger partial charge on any atom is -0.386 e. The summed E-state index contributed by atoms with van der Waals surface area (Å²) in [5.74, 6) is 0.0385. The maximum Gasteiger partial charge on any atom is 0.329 e. The van der Waals surface area contributed by atoms with Crippen LogP contribution in [0.5, 0.6) is 0 Å². The van der Waals surface area contributed by atoms with E-state index >= 15 is 0 Å². The van der Waals surface area contributed by atoms with Crippen molar-refractivity contribution in [1.29, 1.82) is 0 Å². The zero-order chi connectivity index (χ0) is 21.3. The zero-order valence-corrected chi connectivity index (χ0v) is 16.7. The van der Waals surface area contributed by atoms with E-state index in [2.05, 4.69) is 17.2 Å². The predicted molar refractivity (Wildman–Crippen MR) is 110 cm³/mol. The first-order chi connectivity index (χ1) is 14.5. The molecule has 156 valence electrons. The summed E-state index contributed by atoms with van der Waals surface area (Å²) in [6, 6.07) is 7.91. The second-order valence-electron chi connectivity index (χ2n) is 7.85. The van der Waals surface area contributed by atoms with Crippen LogP contribution in [0.2, 0.25) is 0 Å². The highest BCUT2D eigenvalue weighted by Gasteiger charge is 2.43. The molecular weight excluding hydrogens is 384 g/mol. The monoisotopic (exact) mass is 408 g/mol. The number of carbonyl (C=O) groups excluding carboxylic acids is 3. The summed E-state index contributed by atoms with van der Waals surface area (Å²) in [5, 5.41) is 13.0. The molecule has 2 aliphatic heterocycles. The van der Waals surface area contributed by atoms with Crippen molar-refractivity contribution in [1.82, 2.24) is 15.2 Å². The first-order valence-electron chi connectivity index (χ1n) is 10.1. The molecule has 2 N–H and O–H groups in total. The number of hydrogen-bond donors (Lipinski definition) is 2. The standard InChI is InChI=1S/C22H24N4O4/c1-14-8-12-25(13-9-14)20(28)16-2-4-17(5-3-16)26-21(29)18(24-22(26)30)19(27)15-6-10-23-11-7-15/h2-7,10-11,14,18-19,27H,8-9,12-13H2,1H3,(H,24,30). The number of nitrogens with zero attached hydrogens (tertiary/aromatic N) is 3. The molecule has 30 heavy (non-hydrogen) atoms. The van der Waals surface area contributed by atoms with Gasteiger partial charge in [-0.1, -0.05) is 6.92 Å². The lowest BCUT2D eigenvalue weighted by Crippen LogP contribution is -2.38. The number of imide groups is 1. The minimum absolute atomic E-state index is 0.0448. The summed E-state index contributed by atoms with van der Waals surface area (Å²) in [5.41, 5.74) is 1.36. The molecule has 8 heteroatoms. The maximum absolute atomic E-state index is 12.8. The average molecular weight is 408 g/mol. The topological polar surface area (TPSA) is 103 Å². The quantitative estimate of drug-likeness (QED) is 0.755. The second kappa shape index (κ2) is 8.23. The van der Waals surface area contributed by atoms with E-state index in [4.69, 9.17) is 0 Å². The number of likely N-dealkylation sites (tertiary alicyclic amines) is 1. The Morgan fingerprint density at radius 1 is 1.10 bits per heavy atom. The van der Waals surface area contributed by atoms with Crippen LogP contribution >= 0.6 is 0 Å². The fourth-order valence-corrected chi connectivity index (χ4v) is 3.86. The van der Waals surface area contributed by atoms with Gasteiger partial charge in [0, 0.05) is 31.0 Å². The molecule has 0 radical (unpaired) electrons. The number of urea groups is 1. The van der Waals surface area contributed by atoms with Crippen LogP contribution in [0.3, 0.4) is 0 Å². The third-order valence-electron chi connectivity index (χ3n) is 5.78. The highest BCUT2D eigenvalue weighted by molar-refractivity contribution is 6.21. The largest absolute Gasteiger partial charge is 0.386 e. The lowest BCUT2D eigenvalue weighted by Gasteiger charge is -2.30. The van der Waals surface area contributed by atoms with Gasteiger partial charge in [-0.2, -0.15) is 0 Å². The van der Waals surface area contributed by atoms with Gasteiger partial charge < -0.3 is 15.3 Å². The van der Waals surface area contributed by atoms with Crippen LogP contribution in [0.25, 0.3) is 0 Å². The first kappa shape index (κ1) is 20.0. The van der Waals surface area contributed by atoms with Crippen molar-refractivity contribution < 1.29 is 19.5 Å². The number of pyridine rings is 1. The minimum atomic E-state index is -1.18. The lowest BCUT2D eigenvalue weighted by atomic mass is 9.98. The van der Waals surface area contributed by atoms with E-state index in [9.17, 15) is 19.5 Å². The van der Waals surface area contributed by atoms with Gasteiger partial charge in [-0.05, 0) is 60.7 Å². The number of aliphatic hydroxyl groups excluding tert-OH is 1. The maximum atomic E-state index is 12.8. The molecule has 3 heterocycles. The van der Waals surface area contributed by atoms with Gasteiger partial charge in [0.15, 0.2) is 0 Å². The molecule has 0 bridgehead atoms. The number of aliphatic hydroxyl groups is 1. The Bertz CT molecular complexity index is 939. The van der Waals surface area contributed by atoms with E-state index < -0.39 is 24.1 Å². The predicted octanol–water partition coefficient (Wildman–Crippen LogP) is 2.11. The normalized spacial score (nSPS) is 20.9. The fraction of sp³-hybridized carbons (Fsp3) is 0.364. The van der Waals surface area contributed by atoms with Crippen molar-refractivity contribution >= 4 is 23.5 Å². The molecule has 2 saturated heterocycles. The van der Waals surface area contributed by atoms with Crippen LogP contribution in [-0.2, 0) is 4.79 Å². The second-order valence-corrected chi connectivity index (χ2v) is 7.85. The van der Waals surface area contributed by atoms with Gasteiger partial charge in [-0.3, -0.25) is 14.6 Å². The molecule has 1 aromatic carbocycles. The Labute approximate surface area is 174 Å². The van der Waals surface area contributed by atoms with Gasteiger partial charge in [-0.15, -0.1) is 0 Å². The van der Waals surface area contributed by atoms with Crippen molar-refractivity contribution in [3.8, 4) is 0 Å². The van der Waals surface area contributed by atoms with Gasteiger partial charge in [0.2, 0.25) is 0 Å². The number of aromatic nitrogens is 1. The number of nitrogens with one attached hydrogen (secondary N) is 1. The molecule has 2 unspecified atom stereocenters. The van der Waals surface area contributed by atoms with Crippen molar-refractivity contribution in [3.05, 3.63) is 59.9 Å². The number of piperidine rings is 1. The number of anilines is 1. The molecule has 4 amide bonds. The summed E-state index contributed by atoms with van der Waals surface area (Å²) < 4.78 is 0. The molecule has 2 aliphatic rings. The fourth-order valence-electron chi connectivity index (χ4n) is 3.86. The van der Waals surface area contributed by atoms with Gasteiger partial charge in [0.05, 0.1) is 5.69 Å². The first-order valence-corrected chi connectivity index (χ1v) is 10.1.